The van der Waals surface area contributed by atoms with Crippen molar-refractivity contribution in [1.29, 1.82) is 0 Å². The smallest absolute Gasteiger partial charge is 0.223 e. The van der Waals surface area contributed by atoms with Crippen LogP contribution in [0.25, 0.3) is 0 Å². The summed E-state index contributed by atoms with van der Waals surface area (Å²) in [5.74, 6) is 1.42. The van der Waals surface area contributed by atoms with Gasteiger partial charge in [-0.2, -0.15) is 4.98 Å². The maximum Gasteiger partial charge on any atom is 0.223 e. The van der Waals surface area contributed by atoms with Crippen molar-refractivity contribution in [2.24, 2.45) is 0 Å². The van der Waals surface area contributed by atoms with Gasteiger partial charge in [-0.05, 0) is 25.5 Å². The molecule has 3 rings (SSSR count). The second kappa shape index (κ2) is 5.85. The van der Waals surface area contributed by atoms with Crippen molar-refractivity contribution in [1.82, 2.24) is 15.0 Å². The van der Waals surface area contributed by atoms with E-state index in [1.54, 1.807) is 0 Å². The maximum absolute atomic E-state index is 5.03. The van der Waals surface area contributed by atoms with Gasteiger partial charge in [-0.15, -0.1) is 0 Å². The van der Waals surface area contributed by atoms with E-state index in [4.69, 9.17) is 4.52 Å². The summed E-state index contributed by atoms with van der Waals surface area (Å²) in [7, 11) is 0. The monoisotopic (exact) mass is 286 g/mol. The Labute approximate surface area is 125 Å². The van der Waals surface area contributed by atoms with E-state index in [0.29, 0.717) is 5.89 Å². The normalized spacial score (nSPS) is 16.4. The summed E-state index contributed by atoms with van der Waals surface area (Å²) in [4.78, 5) is 9.12. The molecule has 5 nitrogen and oxygen atoms in total. The zero-order chi connectivity index (χ0) is 14.8. The van der Waals surface area contributed by atoms with Crippen molar-refractivity contribution < 1.29 is 4.52 Å². The highest BCUT2D eigenvalue weighted by atomic mass is 16.5. The molecule has 112 valence electrons. The molecule has 2 heterocycles. The Morgan fingerprint density at radius 1 is 1.10 bits per heavy atom. The van der Waals surface area contributed by atoms with Gasteiger partial charge in [-0.1, -0.05) is 22.9 Å². The van der Waals surface area contributed by atoms with Crippen LogP contribution >= 0.6 is 0 Å². The summed E-state index contributed by atoms with van der Waals surface area (Å²) in [6.07, 6.45) is 0. The van der Waals surface area contributed by atoms with Gasteiger partial charge in [0, 0.05) is 38.8 Å². The minimum Gasteiger partial charge on any atom is -0.369 e. The van der Waals surface area contributed by atoms with Crippen LogP contribution in [0.1, 0.15) is 22.8 Å². The average Bonchev–Trinajstić information content (AvgIpc) is 2.85. The highest BCUT2D eigenvalue weighted by Gasteiger charge is 2.19. The number of hydrogen-bond acceptors (Lipinski definition) is 5. The Morgan fingerprint density at radius 3 is 2.48 bits per heavy atom. The molecular formula is C16H22N4O. The van der Waals surface area contributed by atoms with Crippen LogP contribution in [0, 0.1) is 20.8 Å². The molecule has 1 fully saturated rings. The quantitative estimate of drug-likeness (QED) is 0.866. The topological polar surface area (TPSA) is 45.4 Å². The molecule has 2 aromatic rings. The molecular weight excluding hydrogens is 264 g/mol. The lowest BCUT2D eigenvalue weighted by Gasteiger charge is -2.36. The third-order valence-electron chi connectivity index (χ3n) is 4.00. The summed E-state index contributed by atoms with van der Waals surface area (Å²) < 4.78 is 5.03. The van der Waals surface area contributed by atoms with E-state index in [9.17, 15) is 0 Å². The van der Waals surface area contributed by atoms with Gasteiger partial charge in [-0.3, -0.25) is 4.90 Å². The summed E-state index contributed by atoms with van der Waals surface area (Å²) in [5.41, 5.74) is 4.04. The fourth-order valence-corrected chi connectivity index (χ4v) is 2.91. The number of rotatable bonds is 3. The standard InChI is InChI=1S/C16H22N4O/c1-12-4-5-15(13(2)10-12)20-8-6-19(7-9-20)11-16-17-14(3)21-18-16/h4-5,10H,6-9,11H2,1-3H3. The van der Waals surface area contributed by atoms with Crippen LogP contribution in [0.15, 0.2) is 22.7 Å². The predicted molar refractivity (Wildman–Crippen MR) is 82.4 cm³/mol. The van der Waals surface area contributed by atoms with E-state index < -0.39 is 0 Å². The Morgan fingerprint density at radius 2 is 1.86 bits per heavy atom. The molecule has 0 saturated carbocycles. The molecule has 5 heteroatoms. The van der Waals surface area contributed by atoms with E-state index in [2.05, 4.69) is 52.0 Å². The van der Waals surface area contributed by atoms with Crippen LogP contribution < -0.4 is 4.90 Å². The molecule has 0 atom stereocenters. The predicted octanol–water partition coefficient (Wildman–Crippen LogP) is 2.32. The van der Waals surface area contributed by atoms with Crippen LogP contribution in [-0.4, -0.2) is 41.2 Å². The Kier molecular flexibility index (Phi) is 3.92. The Bertz CT molecular complexity index is 614. The fourth-order valence-electron chi connectivity index (χ4n) is 2.91. The van der Waals surface area contributed by atoms with Crippen molar-refractivity contribution in [2.75, 3.05) is 31.1 Å². The second-order valence-electron chi connectivity index (χ2n) is 5.78. The lowest BCUT2D eigenvalue weighted by Crippen LogP contribution is -2.46. The summed E-state index contributed by atoms with van der Waals surface area (Å²) >= 11 is 0. The van der Waals surface area contributed by atoms with Crippen LogP contribution in [0.5, 0.6) is 0 Å². The zero-order valence-corrected chi connectivity index (χ0v) is 13.0. The number of hydrogen-bond donors (Lipinski definition) is 0. The van der Waals surface area contributed by atoms with Crippen LogP contribution in [0.4, 0.5) is 5.69 Å². The first-order valence-corrected chi connectivity index (χ1v) is 7.45. The number of aromatic nitrogens is 2. The first-order chi connectivity index (χ1) is 10.1. The molecule has 0 amide bonds. The molecule has 21 heavy (non-hydrogen) atoms. The van der Waals surface area contributed by atoms with E-state index in [-0.39, 0.29) is 0 Å². The first-order valence-electron chi connectivity index (χ1n) is 7.45. The van der Waals surface area contributed by atoms with Gasteiger partial charge in [0.25, 0.3) is 0 Å². The summed E-state index contributed by atoms with van der Waals surface area (Å²) in [6.45, 7) is 11.1. The Balaban J connectivity index is 1.59. The first kappa shape index (κ1) is 14.1. The van der Waals surface area contributed by atoms with Gasteiger partial charge in [0.05, 0.1) is 6.54 Å². The summed E-state index contributed by atoms with van der Waals surface area (Å²) in [5, 5.41) is 3.97. The largest absolute Gasteiger partial charge is 0.369 e. The van der Waals surface area contributed by atoms with Gasteiger partial charge in [0.1, 0.15) is 0 Å². The lowest BCUT2D eigenvalue weighted by atomic mass is 10.1. The van der Waals surface area contributed by atoms with Gasteiger partial charge >= 0.3 is 0 Å². The van der Waals surface area contributed by atoms with Crippen molar-refractivity contribution in [2.45, 2.75) is 27.3 Å². The van der Waals surface area contributed by atoms with Gasteiger partial charge in [0.2, 0.25) is 5.89 Å². The lowest BCUT2D eigenvalue weighted by molar-refractivity contribution is 0.240. The second-order valence-corrected chi connectivity index (χ2v) is 5.78. The van der Waals surface area contributed by atoms with E-state index in [0.717, 1.165) is 38.5 Å². The number of anilines is 1. The van der Waals surface area contributed by atoms with E-state index in [1.165, 1.54) is 16.8 Å². The Hall–Kier alpha value is -1.88. The molecule has 1 saturated heterocycles. The third-order valence-corrected chi connectivity index (χ3v) is 4.00. The molecule has 1 aromatic heterocycles. The average molecular weight is 286 g/mol. The SMILES string of the molecule is Cc1ccc(N2CCN(Cc3noc(C)n3)CC2)c(C)c1. The number of piperazine rings is 1. The number of aryl methyl sites for hydroxylation is 3. The molecule has 0 N–H and O–H groups in total. The molecule has 0 aliphatic carbocycles. The van der Waals surface area contributed by atoms with Crippen LogP contribution in [-0.2, 0) is 6.54 Å². The highest BCUT2D eigenvalue weighted by Crippen LogP contribution is 2.22. The molecule has 1 aliphatic rings. The molecule has 0 radical (unpaired) electrons. The molecule has 1 aliphatic heterocycles. The molecule has 0 unspecified atom stereocenters. The van der Waals surface area contributed by atoms with Crippen LogP contribution in [0.3, 0.4) is 0 Å². The third kappa shape index (κ3) is 3.24. The van der Waals surface area contributed by atoms with Crippen molar-refractivity contribution >= 4 is 5.69 Å². The number of benzene rings is 1. The molecule has 1 aromatic carbocycles. The minimum absolute atomic E-state index is 0.638. The van der Waals surface area contributed by atoms with E-state index >= 15 is 0 Å². The van der Waals surface area contributed by atoms with Crippen molar-refractivity contribution in [3.63, 3.8) is 0 Å². The fraction of sp³-hybridized carbons (Fsp3) is 0.500. The van der Waals surface area contributed by atoms with Crippen molar-refractivity contribution in [3.8, 4) is 0 Å². The molecule has 0 spiro atoms. The van der Waals surface area contributed by atoms with Crippen molar-refractivity contribution in [3.05, 3.63) is 41.0 Å². The summed E-state index contributed by atoms with van der Waals surface area (Å²) in [6, 6.07) is 6.68. The van der Waals surface area contributed by atoms with E-state index in [1.807, 2.05) is 6.92 Å². The maximum atomic E-state index is 5.03. The van der Waals surface area contributed by atoms with Gasteiger partial charge < -0.3 is 9.42 Å². The number of nitrogens with zero attached hydrogens (tertiary/aromatic N) is 4. The molecule has 0 bridgehead atoms. The zero-order valence-electron chi connectivity index (χ0n) is 13.0. The highest BCUT2D eigenvalue weighted by molar-refractivity contribution is 5.54. The van der Waals surface area contributed by atoms with Gasteiger partial charge in [-0.25, -0.2) is 0 Å². The van der Waals surface area contributed by atoms with Crippen LogP contribution in [0.2, 0.25) is 0 Å². The van der Waals surface area contributed by atoms with Gasteiger partial charge in [0.15, 0.2) is 5.82 Å². The minimum atomic E-state index is 0.638.